The molecule has 12 heavy (non-hydrogen) atoms. The van der Waals surface area contributed by atoms with E-state index < -0.39 is 0 Å². The molecule has 1 aromatic rings. The van der Waals surface area contributed by atoms with Gasteiger partial charge in [-0.05, 0) is 42.4 Å². The van der Waals surface area contributed by atoms with Crippen LogP contribution in [0.25, 0.3) is 0 Å². The molecule has 0 aliphatic rings. The van der Waals surface area contributed by atoms with Crippen molar-refractivity contribution in [1.29, 1.82) is 0 Å². The Hall–Kier alpha value is -0.350. The normalized spacial score (nSPS) is 10.5. The lowest BCUT2D eigenvalue weighted by Gasteiger charge is -2.00. The van der Waals surface area contributed by atoms with E-state index in [1.54, 1.807) is 0 Å². The quantitative estimate of drug-likeness (QED) is 0.782. The molecule has 0 unspecified atom stereocenters. The zero-order valence-electron chi connectivity index (χ0n) is 7.26. The molecule has 0 bridgehead atoms. The zero-order chi connectivity index (χ0) is 8.81. The number of hydrogen-bond donors (Lipinski definition) is 1. The molecule has 3 nitrogen and oxygen atoms in total. The summed E-state index contributed by atoms with van der Waals surface area (Å²) in [6.45, 7) is 2.09. The molecule has 1 aromatic heterocycles. The SMILES string of the molecule is CNCCCCn1cc(Br)cn1. The van der Waals surface area contributed by atoms with Gasteiger partial charge in [0.05, 0.1) is 10.7 Å². The van der Waals surface area contributed by atoms with Gasteiger partial charge >= 0.3 is 0 Å². The van der Waals surface area contributed by atoms with Crippen molar-refractivity contribution in [3.8, 4) is 0 Å². The lowest BCUT2D eigenvalue weighted by Crippen LogP contribution is -2.08. The second-order valence-electron chi connectivity index (χ2n) is 2.73. The number of unbranched alkanes of at least 4 members (excludes halogenated alkanes) is 1. The first kappa shape index (κ1) is 9.74. The van der Waals surface area contributed by atoms with Crippen LogP contribution in [-0.2, 0) is 6.54 Å². The Bertz CT molecular complexity index is 222. The second-order valence-corrected chi connectivity index (χ2v) is 3.65. The highest BCUT2D eigenvalue weighted by Gasteiger charge is 1.93. The molecule has 0 aliphatic heterocycles. The van der Waals surface area contributed by atoms with Crippen LogP contribution < -0.4 is 5.32 Å². The molecule has 0 aliphatic carbocycles. The van der Waals surface area contributed by atoms with Crippen molar-refractivity contribution < 1.29 is 0 Å². The summed E-state index contributed by atoms with van der Waals surface area (Å²) < 4.78 is 3.01. The number of aryl methyl sites for hydroxylation is 1. The van der Waals surface area contributed by atoms with Gasteiger partial charge in [-0.2, -0.15) is 5.10 Å². The van der Waals surface area contributed by atoms with Gasteiger partial charge in [0, 0.05) is 12.7 Å². The van der Waals surface area contributed by atoms with Crippen LogP contribution in [0.15, 0.2) is 16.9 Å². The number of rotatable bonds is 5. The summed E-state index contributed by atoms with van der Waals surface area (Å²) in [6, 6.07) is 0. The summed E-state index contributed by atoms with van der Waals surface area (Å²) >= 11 is 3.36. The second kappa shape index (κ2) is 5.32. The van der Waals surface area contributed by atoms with Gasteiger partial charge in [0.1, 0.15) is 0 Å². The smallest absolute Gasteiger partial charge is 0.0632 e. The Labute approximate surface area is 81.3 Å². The molecule has 4 heteroatoms. The lowest BCUT2D eigenvalue weighted by molar-refractivity contribution is 0.547. The number of nitrogens with one attached hydrogen (secondary N) is 1. The van der Waals surface area contributed by atoms with E-state index in [4.69, 9.17) is 0 Å². The first-order chi connectivity index (χ1) is 5.83. The Kier molecular flexibility index (Phi) is 4.32. The van der Waals surface area contributed by atoms with Gasteiger partial charge < -0.3 is 5.32 Å². The Morgan fingerprint density at radius 2 is 2.42 bits per heavy atom. The van der Waals surface area contributed by atoms with Gasteiger partial charge in [-0.1, -0.05) is 0 Å². The van der Waals surface area contributed by atoms with E-state index in [2.05, 4.69) is 26.3 Å². The molecule has 1 heterocycles. The molecule has 0 radical (unpaired) electrons. The van der Waals surface area contributed by atoms with Crippen LogP contribution in [0.4, 0.5) is 0 Å². The summed E-state index contributed by atoms with van der Waals surface area (Å²) in [5.41, 5.74) is 0. The topological polar surface area (TPSA) is 29.9 Å². The van der Waals surface area contributed by atoms with E-state index in [-0.39, 0.29) is 0 Å². The summed E-state index contributed by atoms with van der Waals surface area (Å²) in [4.78, 5) is 0. The van der Waals surface area contributed by atoms with Crippen LogP contribution in [-0.4, -0.2) is 23.4 Å². The maximum Gasteiger partial charge on any atom is 0.0632 e. The molecular formula is C8H14BrN3. The van der Waals surface area contributed by atoms with Crippen molar-refractivity contribution in [2.75, 3.05) is 13.6 Å². The Morgan fingerprint density at radius 3 is 3.00 bits per heavy atom. The number of aromatic nitrogens is 2. The molecule has 1 N–H and O–H groups in total. The zero-order valence-corrected chi connectivity index (χ0v) is 8.84. The molecule has 0 fully saturated rings. The summed E-state index contributed by atoms with van der Waals surface area (Å²) in [5, 5.41) is 7.28. The monoisotopic (exact) mass is 231 g/mol. The molecule has 0 aromatic carbocycles. The van der Waals surface area contributed by atoms with Crippen molar-refractivity contribution in [2.24, 2.45) is 0 Å². The maximum atomic E-state index is 4.16. The molecular weight excluding hydrogens is 218 g/mol. The van der Waals surface area contributed by atoms with E-state index in [1.165, 1.54) is 12.8 Å². The fraction of sp³-hybridized carbons (Fsp3) is 0.625. The highest BCUT2D eigenvalue weighted by Crippen LogP contribution is 2.06. The van der Waals surface area contributed by atoms with Crippen LogP contribution in [0, 0.1) is 0 Å². The largest absolute Gasteiger partial charge is 0.320 e. The summed E-state index contributed by atoms with van der Waals surface area (Å²) in [5.74, 6) is 0. The molecule has 1 rings (SSSR count). The van der Waals surface area contributed by atoms with E-state index in [9.17, 15) is 0 Å². The van der Waals surface area contributed by atoms with Crippen LogP contribution in [0.5, 0.6) is 0 Å². The molecule has 68 valence electrons. The van der Waals surface area contributed by atoms with Crippen molar-refractivity contribution >= 4 is 15.9 Å². The predicted octanol–water partition coefficient (Wildman–Crippen LogP) is 1.65. The van der Waals surface area contributed by atoms with E-state index >= 15 is 0 Å². The number of hydrogen-bond acceptors (Lipinski definition) is 2. The standard InChI is InChI=1S/C8H14BrN3/c1-10-4-2-3-5-12-7-8(9)6-11-12/h6-7,10H,2-5H2,1H3. The van der Waals surface area contributed by atoms with Crippen molar-refractivity contribution in [3.63, 3.8) is 0 Å². The molecule has 0 amide bonds. The summed E-state index contributed by atoms with van der Waals surface area (Å²) in [6.07, 6.45) is 6.19. The third-order valence-electron chi connectivity index (χ3n) is 1.67. The fourth-order valence-corrected chi connectivity index (χ4v) is 1.36. The summed E-state index contributed by atoms with van der Waals surface area (Å²) in [7, 11) is 1.98. The number of halogens is 1. The van der Waals surface area contributed by atoms with Crippen LogP contribution in [0.1, 0.15) is 12.8 Å². The van der Waals surface area contributed by atoms with E-state index in [0.717, 1.165) is 17.6 Å². The first-order valence-electron chi connectivity index (χ1n) is 4.15. The fourth-order valence-electron chi connectivity index (χ4n) is 1.04. The third-order valence-corrected chi connectivity index (χ3v) is 2.08. The molecule has 0 saturated heterocycles. The minimum Gasteiger partial charge on any atom is -0.320 e. The molecule has 0 atom stereocenters. The third kappa shape index (κ3) is 3.36. The Balaban J connectivity index is 2.15. The average molecular weight is 232 g/mol. The van der Waals surface area contributed by atoms with E-state index in [0.29, 0.717) is 0 Å². The maximum absolute atomic E-state index is 4.16. The van der Waals surface area contributed by atoms with Gasteiger partial charge in [-0.3, -0.25) is 4.68 Å². The van der Waals surface area contributed by atoms with Gasteiger partial charge in [0.25, 0.3) is 0 Å². The van der Waals surface area contributed by atoms with Crippen molar-refractivity contribution in [3.05, 3.63) is 16.9 Å². The van der Waals surface area contributed by atoms with Gasteiger partial charge in [-0.25, -0.2) is 0 Å². The van der Waals surface area contributed by atoms with E-state index in [1.807, 2.05) is 24.1 Å². The van der Waals surface area contributed by atoms with Gasteiger partial charge in [0.15, 0.2) is 0 Å². The van der Waals surface area contributed by atoms with Crippen molar-refractivity contribution in [2.45, 2.75) is 19.4 Å². The van der Waals surface area contributed by atoms with Crippen molar-refractivity contribution in [1.82, 2.24) is 15.1 Å². The lowest BCUT2D eigenvalue weighted by atomic mass is 10.3. The highest BCUT2D eigenvalue weighted by atomic mass is 79.9. The highest BCUT2D eigenvalue weighted by molar-refractivity contribution is 9.10. The molecule has 0 spiro atoms. The van der Waals surface area contributed by atoms with Crippen LogP contribution >= 0.6 is 15.9 Å². The number of nitrogens with zero attached hydrogens (tertiary/aromatic N) is 2. The predicted molar refractivity (Wildman–Crippen MR) is 53.1 cm³/mol. The van der Waals surface area contributed by atoms with Gasteiger partial charge in [0.2, 0.25) is 0 Å². The van der Waals surface area contributed by atoms with Crippen LogP contribution in [0.2, 0.25) is 0 Å². The minimum atomic E-state index is 1.01. The van der Waals surface area contributed by atoms with Gasteiger partial charge in [-0.15, -0.1) is 0 Å². The van der Waals surface area contributed by atoms with Crippen LogP contribution in [0.3, 0.4) is 0 Å². The Morgan fingerprint density at radius 1 is 1.58 bits per heavy atom. The average Bonchev–Trinajstić information content (AvgIpc) is 2.45. The first-order valence-corrected chi connectivity index (χ1v) is 4.95. The molecule has 0 saturated carbocycles. The minimum absolute atomic E-state index is 1.01.